The Morgan fingerprint density at radius 2 is 2.00 bits per heavy atom. The van der Waals surface area contributed by atoms with Crippen LogP contribution in [-0.4, -0.2) is 33.4 Å². The predicted molar refractivity (Wildman–Crippen MR) is 120 cm³/mol. The van der Waals surface area contributed by atoms with E-state index in [4.69, 9.17) is 10.2 Å². The number of amides is 1. The first kappa shape index (κ1) is 20.7. The van der Waals surface area contributed by atoms with Gasteiger partial charge in [-0.25, -0.2) is 4.99 Å². The van der Waals surface area contributed by atoms with Gasteiger partial charge in [0.2, 0.25) is 0 Å². The van der Waals surface area contributed by atoms with E-state index in [2.05, 4.69) is 10.5 Å². The summed E-state index contributed by atoms with van der Waals surface area (Å²) in [5, 5.41) is 16.3. The smallest absolute Gasteiger partial charge is 0.266 e. The first-order chi connectivity index (χ1) is 14.1. The van der Waals surface area contributed by atoms with E-state index in [1.807, 2.05) is 68.5 Å². The third-order valence-corrected chi connectivity index (χ3v) is 5.61. The number of rotatable bonds is 6. The van der Waals surface area contributed by atoms with E-state index < -0.39 is 0 Å². The molecule has 1 aliphatic heterocycles. The van der Waals surface area contributed by atoms with Gasteiger partial charge < -0.3 is 10.5 Å². The maximum atomic E-state index is 12.9. The molecule has 1 heterocycles. The highest BCUT2D eigenvalue weighted by atomic mass is 32.2. The van der Waals surface area contributed by atoms with Crippen molar-refractivity contribution in [3.8, 4) is 0 Å². The summed E-state index contributed by atoms with van der Waals surface area (Å²) in [6.07, 6.45) is 1.82. The molecule has 0 radical (unpaired) electrons. The van der Waals surface area contributed by atoms with Gasteiger partial charge >= 0.3 is 0 Å². The Balaban J connectivity index is 2.04. The molecular formula is C22H24N4O2S. The van der Waals surface area contributed by atoms with E-state index in [-0.39, 0.29) is 5.91 Å². The molecule has 2 N–H and O–H groups in total. The number of carbonyl (C=O) groups excluding carboxylic acids is 1. The van der Waals surface area contributed by atoms with Crippen LogP contribution < -0.4 is 5.32 Å². The molecular weight excluding hydrogens is 384 g/mol. The van der Waals surface area contributed by atoms with E-state index in [0.717, 1.165) is 23.4 Å². The van der Waals surface area contributed by atoms with Crippen molar-refractivity contribution in [3.05, 3.63) is 70.6 Å². The molecule has 150 valence electrons. The van der Waals surface area contributed by atoms with Gasteiger partial charge in [-0.1, -0.05) is 47.6 Å². The Kier molecular flexibility index (Phi) is 6.72. The number of oxime groups is 1. The molecule has 2 aromatic rings. The second-order valence-electron chi connectivity index (χ2n) is 6.47. The van der Waals surface area contributed by atoms with Crippen LogP contribution in [0.2, 0.25) is 0 Å². The number of allylic oxidation sites excluding steroid dienone is 1. The quantitative estimate of drug-likeness (QED) is 0.306. The number of hydrogen-bond donors (Lipinski definition) is 2. The molecule has 0 spiro atoms. The molecule has 3 rings (SSSR count). The van der Waals surface area contributed by atoms with Crippen LogP contribution in [-0.2, 0) is 11.3 Å². The standard InChI is InChI=1S/C22H24N4O2S/c1-4-20-21(27)26(14-16-9-7-6-8-10-16)22(29-20)24-19-13-17(15(3)25-28)11-12-18(19)23-5-2/h4,6-13,23,28H,5,14H2,1-3H3/b20-4-,24-22?,25-15+. The van der Waals surface area contributed by atoms with Crippen LogP contribution in [0, 0.1) is 0 Å². The van der Waals surface area contributed by atoms with E-state index in [0.29, 0.717) is 28.0 Å². The number of benzene rings is 2. The summed E-state index contributed by atoms with van der Waals surface area (Å²) in [6.45, 7) is 6.79. The molecule has 29 heavy (non-hydrogen) atoms. The van der Waals surface area contributed by atoms with Gasteiger partial charge in [0.05, 0.1) is 28.5 Å². The largest absolute Gasteiger partial charge is 0.411 e. The van der Waals surface area contributed by atoms with Crippen LogP contribution in [0.3, 0.4) is 0 Å². The molecule has 1 fully saturated rings. The van der Waals surface area contributed by atoms with Crippen LogP contribution in [0.15, 0.2) is 69.7 Å². The summed E-state index contributed by atoms with van der Waals surface area (Å²) in [7, 11) is 0. The zero-order valence-electron chi connectivity index (χ0n) is 16.7. The average molecular weight is 409 g/mol. The fourth-order valence-corrected chi connectivity index (χ4v) is 3.85. The van der Waals surface area contributed by atoms with Gasteiger partial charge in [0.1, 0.15) is 0 Å². The number of anilines is 1. The Labute approximate surface area is 175 Å². The lowest BCUT2D eigenvalue weighted by Gasteiger charge is -2.17. The van der Waals surface area contributed by atoms with Crippen molar-refractivity contribution < 1.29 is 10.0 Å². The molecule has 0 atom stereocenters. The van der Waals surface area contributed by atoms with Crippen LogP contribution >= 0.6 is 11.8 Å². The molecule has 1 amide bonds. The van der Waals surface area contributed by atoms with E-state index >= 15 is 0 Å². The lowest BCUT2D eigenvalue weighted by atomic mass is 10.1. The Hall–Kier alpha value is -3.06. The molecule has 0 saturated carbocycles. The first-order valence-corrected chi connectivity index (χ1v) is 10.2. The molecule has 1 saturated heterocycles. The summed E-state index contributed by atoms with van der Waals surface area (Å²) < 4.78 is 0. The van der Waals surface area contributed by atoms with E-state index in [1.54, 1.807) is 11.8 Å². The predicted octanol–water partition coefficient (Wildman–Crippen LogP) is 4.98. The highest BCUT2D eigenvalue weighted by molar-refractivity contribution is 8.18. The number of nitrogens with zero attached hydrogens (tertiary/aromatic N) is 3. The molecule has 0 aliphatic carbocycles. The maximum Gasteiger partial charge on any atom is 0.266 e. The summed E-state index contributed by atoms with van der Waals surface area (Å²) >= 11 is 1.37. The minimum atomic E-state index is -0.0469. The number of hydrogen-bond acceptors (Lipinski definition) is 6. The van der Waals surface area contributed by atoms with Gasteiger partial charge in [-0.15, -0.1) is 0 Å². The third-order valence-electron chi connectivity index (χ3n) is 4.48. The van der Waals surface area contributed by atoms with Crippen LogP contribution in [0.4, 0.5) is 11.4 Å². The normalized spacial score (nSPS) is 17.4. The first-order valence-electron chi connectivity index (χ1n) is 9.43. The second-order valence-corrected chi connectivity index (χ2v) is 7.48. The fourth-order valence-electron chi connectivity index (χ4n) is 2.94. The van der Waals surface area contributed by atoms with Crippen molar-refractivity contribution in [2.75, 3.05) is 11.9 Å². The van der Waals surface area contributed by atoms with Crippen molar-refractivity contribution >= 4 is 39.9 Å². The summed E-state index contributed by atoms with van der Waals surface area (Å²) in [4.78, 5) is 20.0. The highest BCUT2D eigenvalue weighted by Gasteiger charge is 2.33. The van der Waals surface area contributed by atoms with E-state index in [9.17, 15) is 4.79 Å². The van der Waals surface area contributed by atoms with E-state index in [1.165, 1.54) is 11.8 Å². The molecule has 7 heteroatoms. The number of amidine groups is 1. The molecule has 0 aromatic heterocycles. The van der Waals surface area contributed by atoms with Gasteiger partial charge in [0, 0.05) is 12.1 Å². The highest BCUT2D eigenvalue weighted by Crippen LogP contribution is 2.36. The average Bonchev–Trinajstić information content (AvgIpc) is 3.04. The number of aliphatic imine (C=N–C) groups is 1. The fraction of sp³-hybridized carbons (Fsp3) is 0.227. The number of thioether (sulfide) groups is 1. The Morgan fingerprint density at radius 1 is 1.24 bits per heavy atom. The second kappa shape index (κ2) is 9.43. The molecule has 2 aromatic carbocycles. The SMILES string of the molecule is C/C=C1\SC(=Nc2cc(/C(C)=N/O)ccc2NCC)N(Cc2ccccc2)C1=O. The number of nitrogens with one attached hydrogen (secondary N) is 1. The minimum absolute atomic E-state index is 0.0469. The van der Waals surface area contributed by atoms with Gasteiger partial charge in [-0.05, 0) is 50.2 Å². The van der Waals surface area contributed by atoms with Crippen LogP contribution in [0.25, 0.3) is 0 Å². The van der Waals surface area contributed by atoms with Crippen molar-refractivity contribution in [2.45, 2.75) is 27.3 Å². The Bertz CT molecular complexity index is 984. The zero-order valence-corrected chi connectivity index (χ0v) is 17.5. The summed E-state index contributed by atoms with van der Waals surface area (Å²) in [6, 6.07) is 15.5. The Morgan fingerprint density at radius 3 is 2.66 bits per heavy atom. The molecule has 0 bridgehead atoms. The van der Waals surface area contributed by atoms with Gasteiger partial charge in [0.15, 0.2) is 5.17 Å². The minimum Gasteiger partial charge on any atom is -0.411 e. The van der Waals surface area contributed by atoms with Crippen LogP contribution in [0.5, 0.6) is 0 Å². The molecule has 0 unspecified atom stereocenters. The third kappa shape index (κ3) is 4.68. The van der Waals surface area contributed by atoms with Crippen molar-refractivity contribution in [2.24, 2.45) is 10.1 Å². The van der Waals surface area contributed by atoms with Crippen LogP contribution in [0.1, 0.15) is 31.9 Å². The van der Waals surface area contributed by atoms with Gasteiger partial charge in [-0.3, -0.25) is 9.69 Å². The lowest BCUT2D eigenvalue weighted by molar-refractivity contribution is -0.122. The monoisotopic (exact) mass is 408 g/mol. The van der Waals surface area contributed by atoms with Crippen molar-refractivity contribution in [3.63, 3.8) is 0 Å². The molecule has 1 aliphatic rings. The summed E-state index contributed by atoms with van der Waals surface area (Å²) in [5.74, 6) is -0.0469. The summed E-state index contributed by atoms with van der Waals surface area (Å²) in [5.41, 5.74) is 3.85. The van der Waals surface area contributed by atoms with Crippen molar-refractivity contribution in [1.82, 2.24) is 4.90 Å². The van der Waals surface area contributed by atoms with Gasteiger partial charge in [-0.2, -0.15) is 0 Å². The topological polar surface area (TPSA) is 77.3 Å². The van der Waals surface area contributed by atoms with Crippen molar-refractivity contribution in [1.29, 1.82) is 0 Å². The number of carbonyl (C=O) groups is 1. The zero-order chi connectivity index (χ0) is 20.8. The molecule has 6 nitrogen and oxygen atoms in total. The lowest BCUT2D eigenvalue weighted by Crippen LogP contribution is -2.28. The van der Waals surface area contributed by atoms with Gasteiger partial charge in [0.25, 0.3) is 5.91 Å². The maximum absolute atomic E-state index is 12.9.